The van der Waals surface area contributed by atoms with Crippen molar-refractivity contribution in [1.82, 2.24) is 4.90 Å². The number of hydrogen-bond donors (Lipinski definition) is 1. The first-order chi connectivity index (χ1) is 8.74. The van der Waals surface area contributed by atoms with Gasteiger partial charge in [0, 0.05) is 17.1 Å². The normalized spacial score (nSPS) is 13.7. The van der Waals surface area contributed by atoms with E-state index in [1.54, 1.807) is 19.2 Å². The van der Waals surface area contributed by atoms with Crippen LogP contribution < -0.4 is 10.5 Å². The second kappa shape index (κ2) is 6.35. The zero-order valence-corrected chi connectivity index (χ0v) is 12.5. The molecule has 0 saturated heterocycles. The fourth-order valence-corrected chi connectivity index (χ4v) is 2.17. The maximum absolute atomic E-state index is 13.5. The largest absolute Gasteiger partial charge is 0.496 e. The predicted octanol–water partition coefficient (Wildman–Crippen LogP) is 2.95. The summed E-state index contributed by atoms with van der Waals surface area (Å²) < 4.78 is 18.8. The molecule has 1 unspecified atom stereocenters. The fourth-order valence-electron chi connectivity index (χ4n) is 2.17. The Kier molecular flexibility index (Phi) is 5.32. The molecule has 108 valence electrons. The number of methoxy groups -OCH3 is 1. The molecule has 0 aliphatic carbocycles. The number of halogens is 1. The van der Waals surface area contributed by atoms with Crippen molar-refractivity contribution in [3.63, 3.8) is 0 Å². The Balaban J connectivity index is 3.02. The lowest BCUT2D eigenvalue weighted by atomic mass is 9.92. The fraction of sp³-hybridized carbons (Fsp3) is 0.600. The molecule has 3 nitrogen and oxygen atoms in total. The van der Waals surface area contributed by atoms with Gasteiger partial charge in [-0.1, -0.05) is 0 Å². The van der Waals surface area contributed by atoms with Crippen LogP contribution in [-0.4, -0.2) is 31.6 Å². The van der Waals surface area contributed by atoms with Crippen molar-refractivity contribution in [2.45, 2.75) is 38.3 Å². The molecular formula is C15H25FN2O. The Morgan fingerprint density at radius 3 is 2.47 bits per heavy atom. The van der Waals surface area contributed by atoms with E-state index in [4.69, 9.17) is 10.5 Å². The Labute approximate surface area is 115 Å². The minimum atomic E-state index is -0.241. The van der Waals surface area contributed by atoms with Gasteiger partial charge in [-0.2, -0.15) is 0 Å². The van der Waals surface area contributed by atoms with Gasteiger partial charge in [-0.15, -0.1) is 0 Å². The highest BCUT2D eigenvalue weighted by Crippen LogP contribution is 2.33. The molecule has 4 heteroatoms. The minimum absolute atomic E-state index is 0.0912. The van der Waals surface area contributed by atoms with Gasteiger partial charge in [-0.3, -0.25) is 0 Å². The van der Waals surface area contributed by atoms with E-state index in [0.717, 1.165) is 24.2 Å². The van der Waals surface area contributed by atoms with Crippen LogP contribution in [0.5, 0.6) is 5.75 Å². The average Bonchev–Trinajstić information content (AvgIpc) is 2.27. The van der Waals surface area contributed by atoms with Gasteiger partial charge in [-0.05, 0) is 59.0 Å². The third-order valence-corrected chi connectivity index (χ3v) is 3.24. The van der Waals surface area contributed by atoms with Crippen molar-refractivity contribution < 1.29 is 9.13 Å². The predicted molar refractivity (Wildman–Crippen MR) is 76.9 cm³/mol. The van der Waals surface area contributed by atoms with Crippen LogP contribution in [0, 0.1) is 5.82 Å². The molecule has 0 bridgehead atoms. The summed E-state index contributed by atoms with van der Waals surface area (Å²) >= 11 is 0. The third kappa shape index (κ3) is 4.80. The first-order valence-corrected chi connectivity index (χ1v) is 6.53. The molecular weight excluding hydrogens is 243 g/mol. The number of nitrogens with two attached hydrogens (primary N) is 1. The summed E-state index contributed by atoms with van der Waals surface area (Å²) in [6, 6.07) is 4.73. The molecule has 1 aromatic carbocycles. The molecule has 1 atom stereocenters. The number of nitrogens with zero attached hydrogens (tertiary/aromatic N) is 1. The van der Waals surface area contributed by atoms with Crippen LogP contribution in [0.1, 0.15) is 38.3 Å². The molecule has 0 amide bonds. The summed E-state index contributed by atoms with van der Waals surface area (Å²) in [5, 5.41) is 0. The third-order valence-electron chi connectivity index (χ3n) is 3.24. The number of benzene rings is 1. The molecule has 0 heterocycles. The molecule has 1 rings (SSSR count). The van der Waals surface area contributed by atoms with Crippen molar-refractivity contribution >= 4 is 0 Å². The van der Waals surface area contributed by atoms with Crippen LogP contribution in [0.2, 0.25) is 0 Å². The van der Waals surface area contributed by atoms with Gasteiger partial charge in [0.2, 0.25) is 0 Å². The zero-order chi connectivity index (χ0) is 14.6. The van der Waals surface area contributed by atoms with E-state index in [0.29, 0.717) is 0 Å². The SMILES string of the molecule is COc1ccc(F)cc1C(CCC(C)(C)N)N(C)C. The molecule has 1 aromatic rings. The monoisotopic (exact) mass is 268 g/mol. The lowest BCUT2D eigenvalue weighted by Gasteiger charge is -2.29. The van der Waals surface area contributed by atoms with E-state index in [1.165, 1.54) is 6.07 Å². The summed E-state index contributed by atoms with van der Waals surface area (Å²) in [5.41, 5.74) is 6.68. The molecule has 0 fully saturated rings. The standard InChI is InChI=1S/C15H25FN2O/c1-15(2,17)9-8-13(18(3)4)12-10-11(16)6-7-14(12)19-5/h6-7,10,13H,8-9,17H2,1-5H3. The van der Waals surface area contributed by atoms with Crippen molar-refractivity contribution in [3.05, 3.63) is 29.6 Å². The van der Waals surface area contributed by atoms with Crippen LogP contribution >= 0.6 is 0 Å². The molecule has 0 radical (unpaired) electrons. The summed E-state index contributed by atoms with van der Waals surface area (Å²) in [7, 11) is 5.58. The lowest BCUT2D eigenvalue weighted by Crippen LogP contribution is -2.33. The topological polar surface area (TPSA) is 38.5 Å². The van der Waals surface area contributed by atoms with Crippen molar-refractivity contribution in [3.8, 4) is 5.75 Å². The Morgan fingerprint density at radius 1 is 1.37 bits per heavy atom. The molecule has 0 aliphatic rings. The van der Waals surface area contributed by atoms with Gasteiger partial charge in [-0.25, -0.2) is 4.39 Å². The summed E-state index contributed by atoms with van der Waals surface area (Å²) in [4.78, 5) is 2.07. The Hall–Kier alpha value is -1.13. The smallest absolute Gasteiger partial charge is 0.123 e. The van der Waals surface area contributed by atoms with E-state index < -0.39 is 0 Å². The highest BCUT2D eigenvalue weighted by atomic mass is 19.1. The highest BCUT2D eigenvalue weighted by Gasteiger charge is 2.22. The van der Waals surface area contributed by atoms with Gasteiger partial charge in [0.05, 0.1) is 7.11 Å². The number of rotatable bonds is 6. The second-order valence-electron chi connectivity index (χ2n) is 5.89. The van der Waals surface area contributed by atoms with E-state index in [-0.39, 0.29) is 17.4 Å². The first kappa shape index (κ1) is 15.9. The number of ether oxygens (including phenoxy) is 1. The van der Waals surface area contributed by atoms with E-state index in [9.17, 15) is 4.39 Å². The first-order valence-electron chi connectivity index (χ1n) is 6.53. The van der Waals surface area contributed by atoms with Crippen LogP contribution in [0.4, 0.5) is 4.39 Å². The summed E-state index contributed by atoms with van der Waals surface area (Å²) in [5.74, 6) is 0.476. The lowest BCUT2D eigenvalue weighted by molar-refractivity contribution is 0.254. The van der Waals surface area contributed by atoms with Crippen molar-refractivity contribution in [2.24, 2.45) is 5.73 Å². The van der Waals surface area contributed by atoms with E-state index in [1.807, 2.05) is 27.9 Å². The van der Waals surface area contributed by atoms with Crippen molar-refractivity contribution in [2.75, 3.05) is 21.2 Å². The van der Waals surface area contributed by atoms with Crippen LogP contribution in [0.3, 0.4) is 0 Å². The van der Waals surface area contributed by atoms with Gasteiger partial charge < -0.3 is 15.4 Å². The maximum Gasteiger partial charge on any atom is 0.123 e. The summed E-state index contributed by atoms with van der Waals surface area (Å²) in [6.07, 6.45) is 1.71. The number of hydrogen-bond acceptors (Lipinski definition) is 3. The molecule has 0 aromatic heterocycles. The van der Waals surface area contributed by atoms with Crippen molar-refractivity contribution in [1.29, 1.82) is 0 Å². The van der Waals surface area contributed by atoms with Gasteiger partial charge in [0.25, 0.3) is 0 Å². The van der Waals surface area contributed by atoms with Crippen LogP contribution in [0.15, 0.2) is 18.2 Å². The van der Waals surface area contributed by atoms with Gasteiger partial charge in [0.1, 0.15) is 11.6 Å². The van der Waals surface area contributed by atoms with E-state index in [2.05, 4.69) is 4.90 Å². The van der Waals surface area contributed by atoms with Crippen LogP contribution in [-0.2, 0) is 0 Å². The molecule has 2 N–H and O–H groups in total. The quantitative estimate of drug-likeness (QED) is 0.862. The maximum atomic E-state index is 13.5. The molecule has 0 aliphatic heterocycles. The highest BCUT2D eigenvalue weighted by molar-refractivity contribution is 5.36. The summed E-state index contributed by atoms with van der Waals surface area (Å²) in [6.45, 7) is 4.01. The Bertz CT molecular complexity index is 413. The Morgan fingerprint density at radius 2 is 2.00 bits per heavy atom. The second-order valence-corrected chi connectivity index (χ2v) is 5.89. The molecule has 0 spiro atoms. The van der Waals surface area contributed by atoms with Gasteiger partial charge in [0.15, 0.2) is 0 Å². The van der Waals surface area contributed by atoms with Crippen LogP contribution in [0.25, 0.3) is 0 Å². The minimum Gasteiger partial charge on any atom is -0.496 e. The average molecular weight is 268 g/mol. The molecule has 19 heavy (non-hydrogen) atoms. The van der Waals surface area contributed by atoms with Gasteiger partial charge >= 0.3 is 0 Å². The zero-order valence-electron chi connectivity index (χ0n) is 12.5. The van der Waals surface area contributed by atoms with E-state index >= 15 is 0 Å². The molecule has 0 saturated carbocycles.